The number of nitrogens with zero attached hydrogens (tertiary/aromatic N) is 3. The van der Waals surface area contributed by atoms with Gasteiger partial charge in [-0.2, -0.15) is 4.31 Å². The number of aromatic nitrogens is 1. The van der Waals surface area contributed by atoms with E-state index in [1.54, 1.807) is 25.7 Å². The fourth-order valence-corrected chi connectivity index (χ4v) is 4.50. The highest BCUT2D eigenvalue weighted by Gasteiger charge is 2.33. The monoisotopic (exact) mass is 344 g/mol. The Bertz CT molecular complexity index is 651. The summed E-state index contributed by atoms with van der Waals surface area (Å²) in [5.74, 6) is 0.0150. The molecule has 1 aromatic rings. The van der Waals surface area contributed by atoms with Crippen molar-refractivity contribution in [3.8, 4) is 0 Å². The molecule has 2 heterocycles. The Kier molecular flexibility index (Phi) is 5.43. The van der Waals surface area contributed by atoms with Crippen LogP contribution in [-0.4, -0.2) is 61.4 Å². The molecule has 2 N–H and O–H groups in total. The maximum atomic E-state index is 12.8. The predicted octanol–water partition coefficient (Wildman–Crippen LogP) is 0.109. The minimum Gasteiger partial charge on any atom is -0.360 e. The summed E-state index contributed by atoms with van der Waals surface area (Å²) in [4.78, 5) is 14.1. The molecule has 1 amide bonds. The van der Waals surface area contributed by atoms with Crippen LogP contribution >= 0.6 is 0 Å². The van der Waals surface area contributed by atoms with Crippen molar-refractivity contribution >= 4 is 15.9 Å². The van der Waals surface area contributed by atoms with Gasteiger partial charge in [0, 0.05) is 38.6 Å². The summed E-state index contributed by atoms with van der Waals surface area (Å²) in [5.41, 5.74) is 5.90. The van der Waals surface area contributed by atoms with Gasteiger partial charge in [-0.05, 0) is 20.3 Å². The third-order valence-electron chi connectivity index (χ3n) is 4.11. The predicted molar refractivity (Wildman–Crippen MR) is 84.2 cm³/mol. The van der Waals surface area contributed by atoms with Crippen LogP contribution in [0.3, 0.4) is 0 Å². The molecule has 0 spiro atoms. The lowest BCUT2D eigenvalue weighted by Gasteiger charge is -2.24. The van der Waals surface area contributed by atoms with Crippen LogP contribution in [0.15, 0.2) is 9.42 Å². The summed E-state index contributed by atoms with van der Waals surface area (Å²) in [6, 6.07) is 0. The van der Waals surface area contributed by atoms with Crippen molar-refractivity contribution in [1.29, 1.82) is 0 Å². The first-order valence-electron chi connectivity index (χ1n) is 7.71. The number of carbonyl (C=O) groups excluding carboxylic acids is 1. The number of hydrogen-bond donors (Lipinski definition) is 1. The number of carbonyl (C=O) groups is 1. The quantitative estimate of drug-likeness (QED) is 0.830. The fourth-order valence-electron chi connectivity index (χ4n) is 2.74. The molecule has 1 aliphatic heterocycles. The van der Waals surface area contributed by atoms with Crippen LogP contribution in [0.5, 0.6) is 0 Å². The van der Waals surface area contributed by atoms with Crippen molar-refractivity contribution in [3.05, 3.63) is 11.5 Å². The molecular weight excluding hydrogens is 320 g/mol. The molecule has 0 aromatic carbocycles. The Balaban J connectivity index is 2.16. The number of aryl methyl sites for hydroxylation is 2. The van der Waals surface area contributed by atoms with Gasteiger partial charge in [-0.3, -0.25) is 4.79 Å². The van der Waals surface area contributed by atoms with Crippen LogP contribution in [0, 0.1) is 19.8 Å². The van der Waals surface area contributed by atoms with E-state index >= 15 is 0 Å². The molecule has 0 saturated carbocycles. The Morgan fingerprint density at radius 3 is 2.57 bits per heavy atom. The highest BCUT2D eigenvalue weighted by molar-refractivity contribution is 7.89. The van der Waals surface area contributed by atoms with Gasteiger partial charge in [-0.25, -0.2) is 8.42 Å². The molecule has 1 unspecified atom stereocenters. The van der Waals surface area contributed by atoms with Gasteiger partial charge in [0.1, 0.15) is 10.6 Å². The zero-order valence-electron chi connectivity index (χ0n) is 13.8. The minimum absolute atomic E-state index is 0.0240. The Morgan fingerprint density at radius 2 is 2.00 bits per heavy atom. The summed E-state index contributed by atoms with van der Waals surface area (Å²) in [5, 5.41) is 3.72. The van der Waals surface area contributed by atoms with E-state index in [1.807, 2.05) is 0 Å². The first kappa shape index (κ1) is 17.9. The van der Waals surface area contributed by atoms with Crippen LogP contribution in [-0.2, 0) is 14.8 Å². The molecule has 0 aliphatic carbocycles. The van der Waals surface area contributed by atoms with Gasteiger partial charge < -0.3 is 15.2 Å². The molecular formula is C14H24N4O4S. The smallest absolute Gasteiger partial charge is 0.248 e. The van der Waals surface area contributed by atoms with Gasteiger partial charge in [-0.15, -0.1) is 0 Å². The molecule has 1 saturated heterocycles. The van der Waals surface area contributed by atoms with E-state index in [1.165, 1.54) is 4.31 Å². The minimum atomic E-state index is -3.66. The number of sulfonamides is 1. The summed E-state index contributed by atoms with van der Waals surface area (Å²) < 4.78 is 32.0. The van der Waals surface area contributed by atoms with Crippen LogP contribution in [0.4, 0.5) is 0 Å². The van der Waals surface area contributed by atoms with Crippen LogP contribution in [0.2, 0.25) is 0 Å². The van der Waals surface area contributed by atoms with E-state index in [4.69, 9.17) is 10.3 Å². The van der Waals surface area contributed by atoms with Gasteiger partial charge in [0.05, 0.1) is 0 Å². The SMILES string of the molecule is Cc1noc(C)c1S(=O)(=O)N1CCCN(C(=O)C(C)CN)CC1. The molecule has 23 heavy (non-hydrogen) atoms. The van der Waals surface area contributed by atoms with Gasteiger partial charge >= 0.3 is 0 Å². The van der Waals surface area contributed by atoms with Gasteiger partial charge in [0.15, 0.2) is 5.76 Å². The topological polar surface area (TPSA) is 110 Å². The Morgan fingerprint density at radius 1 is 1.30 bits per heavy atom. The summed E-state index contributed by atoms with van der Waals surface area (Å²) in [7, 11) is -3.66. The molecule has 1 fully saturated rings. The van der Waals surface area contributed by atoms with Gasteiger partial charge in [0.25, 0.3) is 0 Å². The van der Waals surface area contributed by atoms with Crippen LogP contribution in [0.1, 0.15) is 24.8 Å². The molecule has 1 aliphatic rings. The zero-order valence-corrected chi connectivity index (χ0v) is 14.6. The molecule has 1 aromatic heterocycles. The molecule has 130 valence electrons. The third-order valence-corrected chi connectivity index (χ3v) is 6.25. The highest BCUT2D eigenvalue weighted by atomic mass is 32.2. The first-order chi connectivity index (χ1) is 10.8. The van der Waals surface area contributed by atoms with E-state index in [0.29, 0.717) is 31.7 Å². The third kappa shape index (κ3) is 3.56. The summed E-state index contributed by atoms with van der Waals surface area (Å²) in [6.07, 6.45) is 0.589. The maximum Gasteiger partial charge on any atom is 0.248 e. The normalized spacial score (nSPS) is 18.7. The number of rotatable bonds is 4. The van der Waals surface area contributed by atoms with Crippen molar-refractivity contribution in [2.45, 2.75) is 32.1 Å². The molecule has 9 heteroatoms. The van der Waals surface area contributed by atoms with E-state index < -0.39 is 10.0 Å². The second kappa shape index (κ2) is 6.98. The molecule has 8 nitrogen and oxygen atoms in total. The molecule has 1 atom stereocenters. The lowest BCUT2D eigenvalue weighted by Crippen LogP contribution is -2.41. The second-order valence-corrected chi connectivity index (χ2v) is 7.75. The lowest BCUT2D eigenvalue weighted by molar-refractivity contribution is -0.134. The van der Waals surface area contributed by atoms with Crippen LogP contribution in [0.25, 0.3) is 0 Å². The van der Waals surface area contributed by atoms with E-state index in [2.05, 4.69) is 5.16 Å². The van der Waals surface area contributed by atoms with Crippen molar-refractivity contribution in [3.63, 3.8) is 0 Å². The van der Waals surface area contributed by atoms with E-state index in [-0.39, 0.29) is 35.6 Å². The molecule has 0 radical (unpaired) electrons. The maximum absolute atomic E-state index is 12.8. The second-order valence-electron chi connectivity index (χ2n) is 5.87. The van der Waals surface area contributed by atoms with Crippen molar-refractivity contribution in [2.24, 2.45) is 11.7 Å². The highest BCUT2D eigenvalue weighted by Crippen LogP contribution is 2.24. The molecule has 0 bridgehead atoms. The van der Waals surface area contributed by atoms with E-state index in [9.17, 15) is 13.2 Å². The Labute approximate surface area is 136 Å². The zero-order chi connectivity index (χ0) is 17.2. The number of amides is 1. The summed E-state index contributed by atoms with van der Waals surface area (Å²) in [6.45, 7) is 6.80. The first-order valence-corrected chi connectivity index (χ1v) is 9.15. The van der Waals surface area contributed by atoms with Gasteiger partial charge in [0.2, 0.25) is 15.9 Å². The lowest BCUT2D eigenvalue weighted by atomic mass is 10.1. The average molecular weight is 344 g/mol. The standard InChI is InChI=1S/C14H24N4O4S/c1-10(9-15)14(19)17-5-4-6-18(8-7-17)23(20,21)13-11(2)16-22-12(13)3/h10H,4-9,15H2,1-3H3. The molecule has 2 rings (SSSR count). The number of hydrogen-bond acceptors (Lipinski definition) is 6. The summed E-state index contributed by atoms with van der Waals surface area (Å²) >= 11 is 0. The fraction of sp³-hybridized carbons (Fsp3) is 0.714. The van der Waals surface area contributed by atoms with Crippen molar-refractivity contribution in [2.75, 3.05) is 32.7 Å². The number of nitrogens with two attached hydrogens (primary N) is 1. The van der Waals surface area contributed by atoms with Crippen molar-refractivity contribution in [1.82, 2.24) is 14.4 Å². The van der Waals surface area contributed by atoms with Gasteiger partial charge in [-0.1, -0.05) is 12.1 Å². The van der Waals surface area contributed by atoms with Crippen molar-refractivity contribution < 1.29 is 17.7 Å². The van der Waals surface area contributed by atoms with E-state index in [0.717, 1.165) is 0 Å². The van der Waals surface area contributed by atoms with Crippen LogP contribution < -0.4 is 5.73 Å². The average Bonchev–Trinajstić information content (AvgIpc) is 2.73. The Hall–Kier alpha value is -1.45. The largest absolute Gasteiger partial charge is 0.360 e.